The van der Waals surface area contributed by atoms with Crippen LogP contribution in [0.15, 0.2) is 48.5 Å². The van der Waals surface area contributed by atoms with E-state index in [-0.39, 0.29) is 70.0 Å². The van der Waals surface area contributed by atoms with Crippen LogP contribution in [0.3, 0.4) is 0 Å². The quantitative estimate of drug-likeness (QED) is 0.263. The van der Waals surface area contributed by atoms with Crippen LogP contribution in [0.5, 0.6) is 5.88 Å². The summed E-state index contributed by atoms with van der Waals surface area (Å²) in [4.78, 5) is 16.7. The van der Waals surface area contributed by atoms with Crippen LogP contribution in [-0.4, -0.2) is 46.0 Å². The molecule has 2 aromatic heterocycles. The van der Waals surface area contributed by atoms with Crippen molar-refractivity contribution >= 4 is 5.97 Å². The summed E-state index contributed by atoms with van der Waals surface area (Å²) in [6.07, 6.45) is -0.146. The van der Waals surface area contributed by atoms with Gasteiger partial charge in [0.1, 0.15) is 29.9 Å². The lowest BCUT2D eigenvalue weighted by atomic mass is 9.87. The van der Waals surface area contributed by atoms with E-state index in [0.717, 1.165) is 18.2 Å². The van der Waals surface area contributed by atoms with Crippen molar-refractivity contribution in [3.05, 3.63) is 94.3 Å². The molecule has 0 spiro atoms. The standard InChI is InChI=1S/C30H26F3N5O4/c1-30(2)16-41-15-25(30)38-26(36-37-28(38)29(39)40-3)11-19-10-23(33)20(12-22(19)32)24-5-4-6-27(35-24)42-14-18-8-7-17(13-34)9-21(18)31/h4-10,12,25H,11,14-16H2,1-3H3/t25-/m0/s1. The normalized spacial score (nSPS) is 15.8. The molecule has 9 nitrogen and oxygen atoms in total. The molecule has 42 heavy (non-hydrogen) atoms. The van der Waals surface area contributed by atoms with Crippen molar-refractivity contribution in [1.29, 1.82) is 5.26 Å². The number of hydrogen-bond acceptors (Lipinski definition) is 8. The van der Waals surface area contributed by atoms with Gasteiger partial charge in [0, 0.05) is 29.0 Å². The summed E-state index contributed by atoms with van der Waals surface area (Å²) in [5.41, 5.74) is 0.0150. The molecule has 216 valence electrons. The number of halogens is 3. The zero-order valence-electron chi connectivity index (χ0n) is 23.0. The van der Waals surface area contributed by atoms with E-state index in [9.17, 15) is 9.18 Å². The fourth-order valence-electron chi connectivity index (χ4n) is 4.80. The summed E-state index contributed by atoms with van der Waals surface area (Å²) in [5, 5.41) is 17.0. The van der Waals surface area contributed by atoms with Crippen LogP contribution < -0.4 is 4.74 Å². The first-order valence-corrected chi connectivity index (χ1v) is 13.0. The summed E-state index contributed by atoms with van der Waals surface area (Å²) < 4.78 is 62.6. The Morgan fingerprint density at radius 1 is 1.10 bits per heavy atom. The van der Waals surface area contributed by atoms with Crippen molar-refractivity contribution in [1.82, 2.24) is 19.7 Å². The van der Waals surface area contributed by atoms with Crippen molar-refractivity contribution in [2.45, 2.75) is 32.9 Å². The highest BCUT2D eigenvalue weighted by Crippen LogP contribution is 2.39. The van der Waals surface area contributed by atoms with Crippen LogP contribution in [0.4, 0.5) is 13.2 Å². The van der Waals surface area contributed by atoms with E-state index in [2.05, 4.69) is 15.2 Å². The Morgan fingerprint density at radius 2 is 1.88 bits per heavy atom. The molecular formula is C30H26F3N5O4. The Bertz CT molecular complexity index is 1700. The monoisotopic (exact) mass is 577 g/mol. The predicted molar refractivity (Wildman–Crippen MR) is 143 cm³/mol. The molecule has 1 atom stereocenters. The minimum absolute atomic E-state index is 0.00160. The zero-order chi connectivity index (χ0) is 30.0. The molecule has 0 saturated carbocycles. The first-order valence-electron chi connectivity index (χ1n) is 13.0. The Labute approximate surface area is 239 Å². The molecule has 3 heterocycles. The number of pyridine rings is 1. The molecule has 2 aromatic carbocycles. The van der Waals surface area contributed by atoms with Crippen LogP contribution in [0.1, 0.15) is 53.0 Å². The topological polar surface area (TPSA) is 112 Å². The van der Waals surface area contributed by atoms with Gasteiger partial charge in [-0.3, -0.25) is 4.57 Å². The molecule has 0 N–H and O–H groups in total. The largest absolute Gasteiger partial charge is 0.473 e. The molecule has 1 fully saturated rings. The van der Waals surface area contributed by atoms with Gasteiger partial charge in [0.25, 0.3) is 0 Å². The minimum Gasteiger partial charge on any atom is -0.473 e. The third-order valence-corrected chi connectivity index (χ3v) is 7.14. The van der Waals surface area contributed by atoms with E-state index in [0.29, 0.717) is 13.2 Å². The number of esters is 1. The molecule has 1 aliphatic rings. The van der Waals surface area contributed by atoms with E-state index in [4.69, 9.17) is 19.5 Å². The summed E-state index contributed by atoms with van der Waals surface area (Å²) in [5.74, 6) is -2.47. The molecule has 0 amide bonds. The van der Waals surface area contributed by atoms with Gasteiger partial charge in [0.15, 0.2) is 0 Å². The van der Waals surface area contributed by atoms with E-state index >= 15 is 8.78 Å². The molecule has 0 bridgehead atoms. The number of hydrogen-bond donors (Lipinski definition) is 0. The van der Waals surface area contributed by atoms with Crippen LogP contribution in [0.2, 0.25) is 0 Å². The Hall–Kier alpha value is -4.76. The average Bonchev–Trinajstić information content (AvgIpc) is 3.54. The number of carbonyl (C=O) groups is 1. The summed E-state index contributed by atoms with van der Waals surface area (Å²) in [6, 6.07) is 12.2. The lowest BCUT2D eigenvalue weighted by molar-refractivity contribution is 0.0573. The lowest BCUT2D eigenvalue weighted by Gasteiger charge is -2.27. The van der Waals surface area contributed by atoms with Gasteiger partial charge in [-0.05, 0) is 35.9 Å². The van der Waals surface area contributed by atoms with Gasteiger partial charge in [-0.15, -0.1) is 10.2 Å². The van der Waals surface area contributed by atoms with E-state index in [1.165, 1.54) is 31.4 Å². The SMILES string of the molecule is COC(=O)c1nnc(Cc2cc(F)c(-c3cccc(OCc4ccc(C#N)cc4F)n3)cc2F)n1[C@H]1COCC1(C)C. The maximum Gasteiger partial charge on any atom is 0.376 e. The molecule has 1 saturated heterocycles. The van der Waals surface area contributed by atoms with Crippen LogP contribution in [0.25, 0.3) is 11.3 Å². The Kier molecular flexibility index (Phi) is 7.95. The molecule has 4 aromatic rings. The molecule has 0 aliphatic carbocycles. The highest BCUT2D eigenvalue weighted by Gasteiger charge is 2.41. The van der Waals surface area contributed by atoms with Crippen LogP contribution in [0, 0.1) is 34.2 Å². The van der Waals surface area contributed by atoms with Gasteiger partial charge in [-0.2, -0.15) is 5.26 Å². The van der Waals surface area contributed by atoms with Crippen molar-refractivity contribution in [2.24, 2.45) is 5.41 Å². The number of benzene rings is 2. The van der Waals surface area contributed by atoms with E-state index in [1.54, 1.807) is 10.6 Å². The van der Waals surface area contributed by atoms with Gasteiger partial charge >= 0.3 is 5.97 Å². The third kappa shape index (κ3) is 5.69. The zero-order valence-corrected chi connectivity index (χ0v) is 23.0. The second kappa shape index (κ2) is 11.6. The summed E-state index contributed by atoms with van der Waals surface area (Å²) >= 11 is 0. The molecule has 0 radical (unpaired) electrons. The third-order valence-electron chi connectivity index (χ3n) is 7.14. The van der Waals surface area contributed by atoms with Crippen molar-refractivity contribution in [3.8, 4) is 23.2 Å². The smallest absolute Gasteiger partial charge is 0.376 e. The number of ether oxygens (including phenoxy) is 3. The molecule has 1 aliphatic heterocycles. The number of carbonyl (C=O) groups excluding carboxylic acids is 1. The minimum atomic E-state index is -0.738. The second-order valence-corrected chi connectivity index (χ2v) is 10.5. The summed E-state index contributed by atoms with van der Waals surface area (Å²) in [6.45, 7) is 4.48. The molecule has 12 heteroatoms. The molecule has 0 unspecified atom stereocenters. The first-order chi connectivity index (χ1) is 20.1. The maximum atomic E-state index is 15.4. The van der Waals surface area contributed by atoms with E-state index in [1.807, 2.05) is 19.9 Å². The van der Waals surface area contributed by atoms with Crippen molar-refractivity contribution in [2.75, 3.05) is 20.3 Å². The van der Waals surface area contributed by atoms with Crippen LogP contribution in [-0.2, 0) is 22.5 Å². The fraction of sp³-hybridized carbons (Fsp3) is 0.300. The number of nitriles is 1. The van der Waals surface area contributed by atoms with Gasteiger partial charge < -0.3 is 14.2 Å². The van der Waals surface area contributed by atoms with Crippen molar-refractivity contribution in [3.63, 3.8) is 0 Å². The van der Waals surface area contributed by atoms with Gasteiger partial charge in [0.05, 0.1) is 43.7 Å². The van der Waals surface area contributed by atoms with E-state index < -0.39 is 23.4 Å². The summed E-state index contributed by atoms with van der Waals surface area (Å²) in [7, 11) is 1.23. The Balaban J connectivity index is 1.40. The highest BCUT2D eigenvalue weighted by atomic mass is 19.1. The van der Waals surface area contributed by atoms with Gasteiger partial charge in [-0.25, -0.2) is 22.9 Å². The predicted octanol–water partition coefficient (Wildman–Crippen LogP) is 5.18. The molecular weight excluding hydrogens is 551 g/mol. The number of rotatable bonds is 8. The molecule has 5 rings (SSSR count). The number of aromatic nitrogens is 4. The highest BCUT2D eigenvalue weighted by molar-refractivity contribution is 5.85. The lowest BCUT2D eigenvalue weighted by Crippen LogP contribution is -2.29. The van der Waals surface area contributed by atoms with Gasteiger partial charge in [0.2, 0.25) is 11.7 Å². The first kappa shape index (κ1) is 28.8. The fourth-order valence-corrected chi connectivity index (χ4v) is 4.80. The second-order valence-electron chi connectivity index (χ2n) is 10.5. The number of methoxy groups -OCH3 is 1. The maximum absolute atomic E-state index is 15.4. The van der Waals surface area contributed by atoms with Crippen LogP contribution >= 0.6 is 0 Å². The van der Waals surface area contributed by atoms with Crippen molar-refractivity contribution < 1.29 is 32.2 Å². The number of nitrogens with zero attached hydrogens (tertiary/aromatic N) is 5. The van der Waals surface area contributed by atoms with Gasteiger partial charge in [-0.1, -0.05) is 26.0 Å². The Morgan fingerprint density at radius 3 is 2.57 bits per heavy atom. The average molecular weight is 578 g/mol.